The second-order valence-corrected chi connectivity index (χ2v) is 8.82. The Kier molecular flexibility index (Phi) is 15.7. The zero-order chi connectivity index (χ0) is 29.4. The van der Waals surface area contributed by atoms with Gasteiger partial charge in [0, 0.05) is 19.4 Å². The Morgan fingerprint density at radius 1 is 0.789 bits per heavy atom. The Morgan fingerprint density at radius 3 is 1.74 bits per heavy atom. The van der Waals surface area contributed by atoms with Gasteiger partial charge in [-0.3, -0.25) is 29.0 Å². The highest BCUT2D eigenvalue weighted by Gasteiger charge is 2.31. The van der Waals surface area contributed by atoms with E-state index in [0.29, 0.717) is 6.42 Å². The minimum absolute atomic E-state index is 0.0533. The summed E-state index contributed by atoms with van der Waals surface area (Å²) in [6.45, 7) is 3.68. The number of guanidine groups is 1. The molecule has 0 aliphatic carbocycles. The first-order valence-electron chi connectivity index (χ1n) is 12.1. The van der Waals surface area contributed by atoms with Crippen molar-refractivity contribution >= 4 is 41.5 Å². The van der Waals surface area contributed by atoms with Crippen LogP contribution in [0.2, 0.25) is 0 Å². The molecule has 0 fully saturated rings. The normalized spacial score (nSPS) is 14.6. The number of carboxylic acids is 2. The van der Waals surface area contributed by atoms with E-state index >= 15 is 0 Å². The van der Waals surface area contributed by atoms with E-state index in [9.17, 15) is 33.9 Å². The van der Waals surface area contributed by atoms with Crippen LogP contribution in [0.25, 0.3) is 0 Å². The number of primary amides is 1. The van der Waals surface area contributed by atoms with Gasteiger partial charge in [0.25, 0.3) is 0 Å². The number of aliphatic carboxylic acids is 2. The Morgan fingerprint density at radius 2 is 1.29 bits per heavy atom. The topological polar surface area (TPSA) is 295 Å². The third-order valence-corrected chi connectivity index (χ3v) is 5.71. The summed E-state index contributed by atoms with van der Waals surface area (Å²) in [6, 6.07) is -5.11. The fourth-order valence-electron chi connectivity index (χ4n) is 3.18. The number of rotatable bonds is 19. The Bertz CT molecular complexity index is 877. The van der Waals surface area contributed by atoms with Crippen LogP contribution in [0.4, 0.5) is 0 Å². The molecule has 16 nitrogen and oxygen atoms in total. The largest absolute Gasteiger partial charge is 0.481 e. The molecule has 0 aliphatic rings. The Labute approximate surface area is 220 Å². The molecule has 38 heavy (non-hydrogen) atoms. The summed E-state index contributed by atoms with van der Waals surface area (Å²) in [4.78, 5) is 76.1. The molecule has 0 bridgehead atoms. The van der Waals surface area contributed by atoms with Crippen LogP contribution in [0.3, 0.4) is 0 Å². The molecule has 5 atom stereocenters. The van der Waals surface area contributed by atoms with Crippen LogP contribution in [0.1, 0.15) is 58.8 Å². The van der Waals surface area contributed by atoms with Crippen LogP contribution in [0, 0.1) is 5.92 Å². The van der Waals surface area contributed by atoms with Crippen LogP contribution < -0.4 is 38.9 Å². The maximum absolute atomic E-state index is 13.0. The molecular formula is C22H40N8O8. The lowest BCUT2D eigenvalue weighted by Gasteiger charge is -2.26. The van der Waals surface area contributed by atoms with Gasteiger partial charge in [-0.1, -0.05) is 20.3 Å². The van der Waals surface area contributed by atoms with Gasteiger partial charge in [0.1, 0.15) is 18.1 Å². The molecule has 4 amide bonds. The molecule has 0 aromatic carbocycles. The number of nitrogens with two attached hydrogens (primary N) is 4. The Hall–Kier alpha value is -3.95. The number of aliphatic imine (C=N–C) groups is 1. The summed E-state index contributed by atoms with van der Waals surface area (Å²) in [5, 5.41) is 25.6. The van der Waals surface area contributed by atoms with Crippen LogP contribution in [-0.2, 0) is 28.8 Å². The van der Waals surface area contributed by atoms with Gasteiger partial charge in [-0.15, -0.1) is 0 Å². The van der Waals surface area contributed by atoms with Crippen molar-refractivity contribution in [2.24, 2.45) is 33.8 Å². The molecule has 0 heterocycles. The standard InChI is InChI=1S/C22H40N8O8/c1-3-11(2)17(24)20(36)29-12(6-8-15(23)31)18(34)28-13(7-9-16(32)33)19(35)30-14(21(37)38)5-4-10-27-22(25)26/h11-14,17H,3-10,24H2,1-2H3,(H2,23,31)(H,28,34)(H,29,36)(H,30,35)(H,32,33)(H,37,38)(H4,25,26,27). The van der Waals surface area contributed by atoms with E-state index in [2.05, 4.69) is 20.9 Å². The smallest absolute Gasteiger partial charge is 0.326 e. The molecule has 0 rings (SSSR count). The molecule has 0 aromatic rings. The maximum atomic E-state index is 13.0. The van der Waals surface area contributed by atoms with E-state index < -0.39 is 66.2 Å². The summed E-state index contributed by atoms with van der Waals surface area (Å²) in [7, 11) is 0. The third-order valence-electron chi connectivity index (χ3n) is 5.71. The van der Waals surface area contributed by atoms with Crippen molar-refractivity contribution in [3.05, 3.63) is 0 Å². The lowest BCUT2D eigenvalue weighted by atomic mass is 9.98. The second-order valence-electron chi connectivity index (χ2n) is 8.82. The fourth-order valence-corrected chi connectivity index (χ4v) is 3.18. The van der Waals surface area contributed by atoms with Crippen molar-refractivity contribution in [2.45, 2.75) is 83.0 Å². The fraction of sp³-hybridized carbons (Fsp3) is 0.682. The molecule has 0 aromatic heterocycles. The highest BCUT2D eigenvalue weighted by atomic mass is 16.4. The molecule has 0 saturated heterocycles. The van der Waals surface area contributed by atoms with E-state index in [1.165, 1.54) is 0 Å². The molecular weight excluding hydrogens is 504 g/mol. The summed E-state index contributed by atoms with van der Waals surface area (Å²) in [5.74, 6) is -6.29. The summed E-state index contributed by atoms with van der Waals surface area (Å²) >= 11 is 0. The second kappa shape index (κ2) is 17.5. The number of hydrogen-bond acceptors (Lipinski definition) is 8. The zero-order valence-electron chi connectivity index (χ0n) is 21.6. The quantitative estimate of drug-likeness (QED) is 0.0450. The van der Waals surface area contributed by atoms with E-state index in [1.807, 2.05) is 6.92 Å². The van der Waals surface area contributed by atoms with E-state index in [0.717, 1.165) is 0 Å². The summed E-state index contributed by atoms with van der Waals surface area (Å²) in [5.41, 5.74) is 21.5. The Balaban J connectivity index is 5.65. The van der Waals surface area contributed by atoms with Crippen molar-refractivity contribution in [2.75, 3.05) is 6.54 Å². The number of carbonyl (C=O) groups is 6. The molecule has 0 radical (unpaired) electrons. The zero-order valence-corrected chi connectivity index (χ0v) is 21.6. The first-order valence-corrected chi connectivity index (χ1v) is 12.1. The van der Waals surface area contributed by atoms with Gasteiger partial charge < -0.3 is 49.1 Å². The number of hydrogen-bond donors (Lipinski definition) is 9. The van der Waals surface area contributed by atoms with Gasteiger partial charge in [-0.05, 0) is 31.6 Å². The minimum Gasteiger partial charge on any atom is -0.481 e. The highest BCUT2D eigenvalue weighted by Crippen LogP contribution is 2.08. The average Bonchev–Trinajstić information content (AvgIpc) is 2.83. The molecule has 0 saturated carbocycles. The van der Waals surface area contributed by atoms with Crippen molar-refractivity contribution in [3.8, 4) is 0 Å². The lowest BCUT2D eigenvalue weighted by Crippen LogP contribution is -2.57. The number of carboxylic acid groups (broad SMARTS) is 2. The first-order chi connectivity index (χ1) is 17.7. The van der Waals surface area contributed by atoms with Crippen molar-refractivity contribution in [3.63, 3.8) is 0 Å². The van der Waals surface area contributed by atoms with Gasteiger partial charge in [-0.2, -0.15) is 0 Å². The van der Waals surface area contributed by atoms with Crippen molar-refractivity contribution in [1.82, 2.24) is 16.0 Å². The van der Waals surface area contributed by atoms with Crippen molar-refractivity contribution < 1.29 is 39.0 Å². The van der Waals surface area contributed by atoms with Gasteiger partial charge in [0.05, 0.1) is 6.04 Å². The van der Waals surface area contributed by atoms with Crippen molar-refractivity contribution in [1.29, 1.82) is 0 Å². The summed E-state index contributed by atoms with van der Waals surface area (Å²) in [6.07, 6.45) is -0.661. The predicted molar refractivity (Wildman–Crippen MR) is 136 cm³/mol. The van der Waals surface area contributed by atoms with Gasteiger partial charge in [0.15, 0.2) is 5.96 Å². The number of carbonyl (C=O) groups excluding carboxylic acids is 4. The van der Waals surface area contributed by atoms with E-state index in [4.69, 9.17) is 28.0 Å². The van der Waals surface area contributed by atoms with E-state index in [1.54, 1.807) is 6.92 Å². The number of amides is 4. The van der Waals surface area contributed by atoms with Crippen LogP contribution in [-0.4, -0.2) is 82.5 Å². The first kappa shape index (κ1) is 34.0. The van der Waals surface area contributed by atoms with Gasteiger partial charge >= 0.3 is 11.9 Å². The van der Waals surface area contributed by atoms with Crippen LogP contribution in [0.5, 0.6) is 0 Å². The molecule has 16 heteroatoms. The molecule has 0 aliphatic heterocycles. The molecule has 0 spiro atoms. The average molecular weight is 545 g/mol. The summed E-state index contributed by atoms with van der Waals surface area (Å²) < 4.78 is 0. The van der Waals surface area contributed by atoms with E-state index in [-0.39, 0.29) is 50.5 Å². The van der Waals surface area contributed by atoms with Crippen LogP contribution >= 0.6 is 0 Å². The maximum Gasteiger partial charge on any atom is 0.326 e. The van der Waals surface area contributed by atoms with Crippen LogP contribution in [0.15, 0.2) is 4.99 Å². The monoisotopic (exact) mass is 544 g/mol. The molecule has 13 N–H and O–H groups in total. The minimum atomic E-state index is -1.46. The number of nitrogens with zero attached hydrogens (tertiary/aromatic N) is 1. The SMILES string of the molecule is CCC(C)C(N)C(=O)NC(CCC(N)=O)C(=O)NC(CCC(=O)O)C(=O)NC(CCCN=C(N)N)C(=O)O. The lowest BCUT2D eigenvalue weighted by molar-refractivity contribution is -0.143. The highest BCUT2D eigenvalue weighted by molar-refractivity contribution is 5.94. The molecule has 5 unspecified atom stereocenters. The molecule has 216 valence electrons. The third kappa shape index (κ3) is 14.0. The number of nitrogens with one attached hydrogen (secondary N) is 3. The predicted octanol–water partition coefficient (Wildman–Crippen LogP) is -2.92. The van der Waals surface area contributed by atoms with Gasteiger partial charge in [-0.25, -0.2) is 4.79 Å². The van der Waals surface area contributed by atoms with Gasteiger partial charge in [0.2, 0.25) is 23.6 Å².